The molecule has 260 valence electrons. The van der Waals surface area contributed by atoms with E-state index in [1.807, 2.05) is 0 Å². The number of fused-ring (bicyclic) bond motifs is 4. The summed E-state index contributed by atoms with van der Waals surface area (Å²) in [5.74, 6) is 0. The van der Waals surface area contributed by atoms with Crippen molar-refractivity contribution < 1.29 is 0 Å². The number of hydrogen-bond acceptors (Lipinski definition) is 1. The lowest BCUT2D eigenvalue weighted by Gasteiger charge is -2.28. The van der Waals surface area contributed by atoms with Gasteiger partial charge >= 0.3 is 0 Å². The predicted octanol–water partition coefficient (Wildman–Crippen LogP) is 14.6. The van der Waals surface area contributed by atoms with Crippen molar-refractivity contribution in [2.45, 2.75) is 12.3 Å². The first-order valence-electron chi connectivity index (χ1n) is 19.1. The van der Waals surface area contributed by atoms with E-state index in [0.717, 1.165) is 17.1 Å². The number of hydrogen-bond donors (Lipinski definition) is 0. The van der Waals surface area contributed by atoms with Crippen molar-refractivity contribution in [1.29, 1.82) is 0 Å². The zero-order valence-corrected chi connectivity index (χ0v) is 30.7. The molecule has 0 heterocycles. The minimum Gasteiger partial charge on any atom is -0.310 e. The van der Waals surface area contributed by atoms with Crippen molar-refractivity contribution in [2.75, 3.05) is 4.90 Å². The molecule has 1 unspecified atom stereocenters. The van der Waals surface area contributed by atoms with E-state index in [4.69, 9.17) is 0 Å². The molecule has 9 aromatic rings. The Labute approximate surface area is 323 Å². The van der Waals surface area contributed by atoms with Crippen LogP contribution in [0.1, 0.15) is 23.6 Å². The summed E-state index contributed by atoms with van der Waals surface area (Å²) in [5.41, 5.74) is 17.0. The third-order valence-corrected chi connectivity index (χ3v) is 11.5. The van der Waals surface area contributed by atoms with Gasteiger partial charge in [0.15, 0.2) is 0 Å². The molecule has 0 saturated carbocycles. The molecular weight excluding hydrogens is 663 g/mol. The van der Waals surface area contributed by atoms with Crippen molar-refractivity contribution in [3.8, 4) is 44.5 Å². The Kier molecular flexibility index (Phi) is 8.00. The average molecular weight is 702 g/mol. The van der Waals surface area contributed by atoms with Crippen molar-refractivity contribution in [1.82, 2.24) is 0 Å². The Morgan fingerprint density at radius 2 is 0.836 bits per heavy atom. The first-order chi connectivity index (χ1) is 27.1. The van der Waals surface area contributed by atoms with E-state index in [9.17, 15) is 0 Å². The maximum Gasteiger partial charge on any atom is 0.0468 e. The zero-order valence-electron chi connectivity index (χ0n) is 30.7. The van der Waals surface area contributed by atoms with Crippen LogP contribution in [0.15, 0.2) is 218 Å². The molecule has 1 aliphatic carbocycles. The highest BCUT2D eigenvalue weighted by atomic mass is 15.1. The second-order valence-corrected chi connectivity index (χ2v) is 14.7. The fraction of sp³-hybridized carbons (Fsp3) is 0.0370. The molecule has 1 atom stereocenters. The average Bonchev–Trinajstić information content (AvgIpc) is 3.53. The van der Waals surface area contributed by atoms with Gasteiger partial charge in [-0.05, 0) is 115 Å². The number of benzene rings is 9. The highest BCUT2D eigenvalue weighted by Crippen LogP contribution is 2.55. The molecular formula is C54H39N. The molecule has 0 N–H and O–H groups in total. The fourth-order valence-corrected chi connectivity index (χ4v) is 8.73. The standard InChI is InChI=1S/C54H39N/c1-54(45-19-6-3-7-20-45)51-24-11-10-22-50(51)53-49(23-13-25-52(53)54)44-18-12-21-47(37-44)55(48-35-32-39-16-8-9-17-43(39)36-48)46-33-30-42(31-34-46)41-28-26-40(27-29-41)38-14-4-2-5-15-38/h2-37H,1H3. The summed E-state index contributed by atoms with van der Waals surface area (Å²) in [7, 11) is 0. The predicted molar refractivity (Wildman–Crippen MR) is 232 cm³/mol. The normalized spacial score (nSPS) is 14.3. The van der Waals surface area contributed by atoms with Gasteiger partial charge in [-0.3, -0.25) is 0 Å². The Balaban J connectivity index is 1.08. The first kappa shape index (κ1) is 32.7. The lowest BCUT2D eigenvalue weighted by atomic mass is 9.74. The van der Waals surface area contributed by atoms with Crippen molar-refractivity contribution in [3.63, 3.8) is 0 Å². The highest BCUT2D eigenvalue weighted by Gasteiger charge is 2.41. The molecule has 0 radical (unpaired) electrons. The maximum absolute atomic E-state index is 2.39. The van der Waals surface area contributed by atoms with Gasteiger partial charge in [-0.25, -0.2) is 0 Å². The minimum absolute atomic E-state index is 0.248. The molecule has 1 nitrogen and oxygen atoms in total. The van der Waals surface area contributed by atoms with Crippen LogP contribution in [-0.2, 0) is 5.41 Å². The molecule has 0 amide bonds. The Morgan fingerprint density at radius 1 is 0.327 bits per heavy atom. The van der Waals surface area contributed by atoms with Crippen LogP contribution in [0.25, 0.3) is 55.3 Å². The van der Waals surface area contributed by atoms with Crippen LogP contribution < -0.4 is 4.90 Å². The SMILES string of the molecule is CC1(c2ccccc2)c2ccccc2-c2c(-c3cccc(N(c4ccc(-c5ccc(-c6ccccc6)cc5)cc4)c4ccc5ccccc5c4)c3)cccc21. The summed E-state index contributed by atoms with van der Waals surface area (Å²) in [6.07, 6.45) is 0. The molecule has 10 rings (SSSR count). The van der Waals surface area contributed by atoms with Crippen LogP contribution in [0.2, 0.25) is 0 Å². The summed E-state index contributed by atoms with van der Waals surface area (Å²) in [6, 6.07) is 79.7. The molecule has 9 aromatic carbocycles. The van der Waals surface area contributed by atoms with Gasteiger partial charge in [0.2, 0.25) is 0 Å². The maximum atomic E-state index is 2.39. The molecule has 0 bridgehead atoms. The van der Waals surface area contributed by atoms with Crippen LogP contribution in [0.5, 0.6) is 0 Å². The van der Waals surface area contributed by atoms with Crippen LogP contribution in [-0.4, -0.2) is 0 Å². The summed E-state index contributed by atoms with van der Waals surface area (Å²) in [5, 5.41) is 2.45. The molecule has 55 heavy (non-hydrogen) atoms. The van der Waals surface area contributed by atoms with Gasteiger partial charge in [0.25, 0.3) is 0 Å². The summed E-state index contributed by atoms with van der Waals surface area (Å²) >= 11 is 0. The van der Waals surface area contributed by atoms with Gasteiger partial charge in [-0.1, -0.05) is 182 Å². The molecule has 0 aliphatic heterocycles. The van der Waals surface area contributed by atoms with E-state index in [1.54, 1.807) is 0 Å². The van der Waals surface area contributed by atoms with E-state index in [2.05, 4.69) is 230 Å². The van der Waals surface area contributed by atoms with E-state index in [1.165, 1.54) is 72.0 Å². The topological polar surface area (TPSA) is 3.24 Å². The smallest absolute Gasteiger partial charge is 0.0468 e. The molecule has 0 aromatic heterocycles. The first-order valence-corrected chi connectivity index (χ1v) is 19.1. The number of anilines is 3. The Hall–Kier alpha value is -6.96. The van der Waals surface area contributed by atoms with Crippen molar-refractivity contribution >= 4 is 27.8 Å². The third-order valence-electron chi connectivity index (χ3n) is 11.5. The fourth-order valence-electron chi connectivity index (χ4n) is 8.73. The van der Waals surface area contributed by atoms with Crippen LogP contribution in [0, 0.1) is 0 Å². The van der Waals surface area contributed by atoms with E-state index < -0.39 is 0 Å². The van der Waals surface area contributed by atoms with Gasteiger partial charge < -0.3 is 4.90 Å². The second kappa shape index (κ2) is 13.5. The van der Waals surface area contributed by atoms with E-state index in [-0.39, 0.29) is 5.41 Å². The van der Waals surface area contributed by atoms with Crippen LogP contribution >= 0.6 is 0 Å². The number of rotatable bonds is 7. The van der Waals surface area contributed by atoms with Gasteiger partial charge in [0.05, 0.1) is 0 Å². The van der Waals surface area contributed by atoms with Crippen molar-refractivity contribution in [2.24, 2.45) is 0 Å². The molecule has 1 heteroatoms. The molecule has 1 aliphatic rings. The lowest BCUT2D eigenvalue weighted by Crippen LogP contribution is -2.22. The van der Waals surface area contributed by atoms with Gasteiger partial charge in [0.1, 0.15) is 0 Å². The monoisotopic (exact) mass is 701 g/mol. The lowest BCUT2D eigenvalue weighted by molar-refractivity contribution is 0.714. The molecule has 0 fully saturated rings. The molecule has 0 saturated heterocycles. The Bertz CT molecular complexity index is 2800. The summed E-state index contributed by atoms with van der Waals surface area (Å²) in [6.45, 7) is 2.38. The minimum atomic E-state index is -0.248. The molecule has 0 spiro atoms. The zero-order chi connectivity index (χ0) is 36.8. The highest BCUT2D eigenvalue weighted by molar-refractivity contribution is 5.95. The second-order valence-electron chi connectivity index (χ2n) is 14.7. The quantitative estimate of drug-likeness (QED) is 0.160. The largest absolute Gasteiger partial charge is 0.310 e. The number of nitrogens with zero attached hydrogens (tertiary/aromatic N) is 1. The van der Waals surface area contributed by atoms with Gasteiger partial charge in [-0.15, -0.1) is 0 Å². The van der Waals surface area contributed by atoms with E-state index >= 15 is 0 Å². The van der Waals surface area contributed by atoms with E-state index in [0.29, 0.717) is 0 Å². The summed E-state index contributed by atoms with van der Waals surface area (Å²) in [4.78, 5) is 2.39. The Morgan fingerprint density at radius 3 is 1.58 bits per heavy atom. The van der Waals surface area contributed by atoms with Crippen molar-refractivity contribution in [3.05, 3.63) is 235 Å². The van der Waals surface area contributed by atoms with Crippen LogP contribution in [0.3, 0.4) is 0 Å². The van der Waals surface area contributed by atoms with Crippen LogP contribution in [0.4, 0.5) is 17.1 Å². The van der Waals surface area contributed by atoms with Gasteiger partial charge in [-0.2, -0.15) is 0 Å². The summed E-state index contributed by atoms with van der Waals surface area (Å²) < 4.78 is 0. The third kappa shape index (κ3) is 5.64. The van der Waals surface area contributed by atoms with Gasteiger partial charge in [0, 0.05) is 22.5 Å².